The van der Waals surface area contributed by atoms with E-state index in [0.29, 0.717) is 4.91 Å². The Kier molecular flexibility index (Phi) is 3.67. The molecule has 0 radical (unpaired) electrons. The number of amides is 2. The largest absolute Gasteiger partial charge is 0.293 e. The average Bonchev–Trinajstić information content (AvgIpc) is 2.57. The Balaban J connectivity index is 2.27. The van der Waals surface area contributed by atoms with Crippen LogP contribution < -0.4 is 0 Å². The lowest BCUT2D eigenvalue weighted by atomic mass is 10.1. The first-order chi connectivity index (χ1) is 8.61. The third-order valence-corrected chi connectivity index (χ3v) is 3.43. The van der Waals surface area contributed by atoms with Crippen LogP contribution in [0.5, 0.6) is 0 Å². The van der Waals surface area contributed by atoms with Crippen LogP contribution in [0.25, 0.3) is 6.08 Å². The Labute approximate surface area is 110 Å². The number of carbonyl (C=O) groups is 2. The number of aryl methyl sites for hydroxylation is 1. The Morgan fingerprint density at radius 1 is 1.39 bits per heavy atom. The van der Waals surface area contributed by atoms with Gasteiger partial charge < -0.3 is 0 Å². The number of carbonyl (C=O) groups excluding carboxylic acids is 2. The van der Waals surface area contributed by atoms with Crippen molar-refractivity contribution in [3.05, 3.63) is 53.0 Å². The predicted molar refractivity (Wildman–Crippen MR) is 74.1 cm³/mol. The molecule has 0 bridgehead atoms. The molecular weight excluding hydrogens is 246 g/mol. The molecule has 0 atom stereocenters. The molecule has 0 saturated carbocycles. The molecule has 1 heterocycles. The summed E-state index contributed by atoms with van der Waals surface area (Å²) in [7, 11) is 0. The highest BCUT2D eigenvalue weighted by molar-refractivity contribution is 8.18. The fraction of sp³-hybridized carbons (Fsp3) is 0.143. The maximum atomic E-state index is 12.0. The lowest BCUT2D eigenvalue weighted by Crippen LogP contribution is -2.27. The summed E-state index contributed by atoms with van der Waals surface area (Å²) in [5, 5.41) is -0.237. The Morgan fingerprint density at radius 3 is 2.83 bits per heavy atom. The van der Waals surface area contributed by atoms with Crippen LogP contribution in [0.15, 0.2) is 41.8 Å². The molecule has 0 N–H and O–H groups in total. The van der Waals surface area contributed by atoms with E-state index in [4.69, 9.17) is 0 Å². The topological polar surface area (TPSA) is 37.4 Å². The summed E-state index contributed by atoms with van der Waals surface area (Å²) in [5.74, 6) is -0.244. The molecule has 18 heavy (non-hydrogen) atoms. The molecule has 4 heteroatoms. The van der Waals surface area contributed by atoms with Crippen LogP contribution in [0, 0.1) is 6.92 Å². The highest BCUT2D eigenvalue weighted by atomic mass is 32.2. The van der Waals surface area contributed by atoms with Gasteiger partial charge in [-0.1, -0.05) is 35.9 Å². The zero-order chi connectivity index (χ0) is 13.1. The normalized spacial score (nSPS) is 17.6. The highest BCUT2D eigenvalue weighted by Crippen LogP contribution is 2.32. The molecule has 1 aliphatic heterocycles. The van der Waals surface area contributed by atoms with Crippen LogP contribution in [0.2, 0.25) is 0 Å². The van der Waals surface area contributed by atoms with Crippen molar-refractivity contribution in [2.75, 3.05) is 6.54 Å². The monoisotopic (exact) mass is 259 g/mol. The summed E-state index contributed by atoms with van der Waals surface area (Å²) in [6, 6.07) is 7.80. The summed E-state index contributed by atoms with van der Waals surface area (Å²) >= 11 is 0.973. The van der Waals surface area contributed by atoms with Crippen LogP contribution in [0.1, 0.15) is 11.1 Å². The second-order valence-electron chi connectivity index (χ2n) is 4.00. The van der Waals surface area contributed by atoms with E-state index >= 15 is 0 Å². The molecule has 0 aromatic heterocycles. The number of hydrogen-bond donors (Lipinski definition) is 0. The minimum absolute atomic E-state index is 0.237. The summed E-state index contributed by atoms with van der Waals surface area (Å²) in [5.41, 5.74) is 2.05. The molecule has 1 aromatic rings. The first kappa shape index (κ1) is 12.6. The van der Waals surface area contributed by atoms with Gasteiger partial charge in [0.25, 0.3) is 11.1 Å². The molecule has 2 amide bonds. The number of hydrogen-bond acceptors (Lipinski definition) is 3. The maximum Gasteiger partial charge on any atom is 0.293 e. The Morgan fingerprint density at radius 2 is 2.17 bits per heavy atom. The lowest BCUT2D eigenvalue weighted by Gasteiger charge is -2.07. The quantitative estimate of drug-likeness (QED) is 0.618. The van der Waals surface area contributed by atoms with Gasteiger partial charge in [-0.25, -0.2) is 0 Å². The second kappa shape index (κ2) is 5.23. The number of benzene rings is 1. The third kappa shape index (κ3) is 2.54. The van der Waals surface area contributed by atoms with Crippen LogP contribution in [-0.2, 0) is 4.79 Å². The highest BCUT2D eigenvalue weighted by Gasteiger charge is 2.33. The predicted octanol–water partition coefficient (Wildman–Crippen LogP) is 3.22. The van der Waals surface area contributed by atoms with Crippen molar-refractivity contribution in [3.63, 3.8) is 0 Å². The molecule has 3 nitrogen and oxygen atoms in total. The van der Waals surface area contributed by atoms with Gasteiger partial charge >= 0.3 is 0 Å². The molecule has 92 valence electrons. The minimum atomic E-state index is -0.244. The first-order valence-electron chi connectivity index (χ1n) is 5.55. The van der Waals surface area contributed by atoms with Crippen LogP contribution in [0.3, 0.4) is 0 Å². The molecule has 2 rings (SSSR count). The van der Waals surface area contributed by atoms with Gasteiger partial charge in [-0.15, -0.1) is 6.58 Å². The van der Waals surface area contributed by atoms with E-state index < -0.39 is 0 Å². The van der Waals surface area contributed by atoms with Crippen molar-refractivity contribution in [1.29, 1.82) is 0 Å². The molecule has 0 aliphatic carbocycles. The lowest BCUT2D eigenvalue weighted by molar-refractivity contribution is -0.122. The van der Waals surface area contributed by atoms with E-state index in [1.165, 1.54) is 4.90 Å². The summed E-state index contributed by atoms with van der Waals surface area (Å²) in [6.45, 7) is 5.79. The molecule has 1 aliphatic rings. The van der Waals surface area contributed by atoms with Crippen molar-refractivity contribution in [2.24, 2.45) is 0 Å². The van der Waals surface area contributed by atoms with Crippen LogP contribution in [-0.4, -0.2) is 22.6 Å². The number of nitrogens with zero attached hydrogens (tertiary/aromatic N) is 1. The first-order valence-corrected chi connectivity index (χ1v) is 6.36. The van der Waals surface area contributed by atoms with Gasteiger partial charge in [0.15, 0.2) is 0 Å². The zero-order valence-electron chi connectivity index (χ0n) is 10.1. The fourth-order valence-electron chi connectivity index (χ4n) is 1.70. The Hall–Kier alpha value is -1.81. The fourth-order valence-corrected chi connectivity index (χ4v) is 2.55. The minimum Gasteiger partial charge on any atom is -0.268 e. The van der Waals surface area contributed by atoms with Crippen LogP contribution >= 0.6 is 11.8 Å². The Bertz CT molecular complexity index is 548. The average molecular weight is 259 g/mol. The van der Waals surface area contributed by atoms with E-state index in [1.807, 2.05) is 31.2 Å². The summed E-state index contributed by atoms with van der Waals surface area (Å²) < 4.78 is 0. The van der Waals surface area contributed by atoms with Crippen molar-refractivity contribution in [2.45, 2.75) is 6.92 Å². The smallest absolute Gasteiger partial charge is 0.268 e. The van der Waals surface area contributed by atoms with Crippen molar-refractivity contribution in [3.8, 4) is 0 Å². The van der Waals surface area contributed by atoms with Gasteiger partial charge in [0, 0.05) is 6.54 Å². The molecule has 1 saturated heterocycles. The van der Waals surface area contributed by atoms with Crippen molar-refractivity contribution in [1.82, 2.24) is 4.90 Å². The van der Waals surface area contributed by atoms with Gasteiger partial charge in [-0.05, 0) is 30.3 Å². The van der Waals surface area contributed by atoms with Gasteiger partial charge in [-0.3, -0.25) is 14.5 Å². The number of thioether (sulfide) groups is 1. The molecule has 0 spiro atoms. The van der Waals surface area contributed by atoms with E-state index in [-0.39, 0.29) is 17.7 Å². The zero-order valence-corrected chi connectivity index (χ0v) is 10.9. The van der Waals surface area contributed by atoms with E-state index in [0.717, 1.165) is 22.9 Å². The summed E-state index contributed by atoms with van der Waals surface area (Å²) in [6.07, 6.45) is 3.30. The number of imide groups is 1. The molecular formula is C14H13NO2S. The SMILES string of the molecule is C=CCN1C(=O)S/C(=C\c2cccc(C)c2)C1=O. The molecule has 1 aromatic carbocycles. The number of rotatable bonds is 3. The van der Waals surface area contributed by atoms with Crippen molar-refractivity contribution >= 4 is 29.0 Å². The second-order valence-corrected chi connectivity index (χ2v) is 4.99. The molecule has 1 fully saturated rings. The third-order valence-electron chi connectivity index (χ3n) is 2.53. The van der Waals surface area contributed by atoms with Gasteiger partial charge in [0.05, 0.1) is 4.91 Å². The van der Waals surface area contributed by atoms with Crippen LogP contribution in [0.4, 0.5) is 4.79 Å². The maximum absolute atomic E-state index is 12.0. The van der Waals surface area contributed by atoms with E-state index in [9.17, 15) is 9.59 Å². The molecule has 0 unspecified atom stereocenters. The van der Waals surface area contributed by atoms with Gasteiger partial charge in [0.2, 0.25) is 0 Å². The van der Waals surface area contributed by atoms with E-state index in [1.54, 1.807) is 12.2 Å². The summed E-state index contributed by atoms with van der Waals surface area (Å²) in [4.78, 5) is 25.2. The van der Waals surface area contributed by atoms with E-state index in [2.05, 4.69) is 6.58 Å². The van der Waals surface area contributed by atoms with Gasteiger partial charge in [-0.2, -0.15) is 0 Å². The standard InChI is InChI=1S/C14H13NO2S/c1-3-7-15-13(16)12(18-14(15)17)9-11-6-4-5-10(2)8-11/h3-6,8-9H,1,7H2,2H3/b12-9-. The van der Waals surface area contributed by atoms with Gasteiger partial charge in [0.1, 0.15) is 0 Å². The van der Waals surface area contributed by atoms with Crippen molar-refractivity contribution < 1.29 is 9.59 Å².